The number of hydrogen-bond donors (Lipinski definition) is 1. The Labute approximate surface area is 100 Å². The molecule has 1 aromatic heterocycles. The molecular formula is C13H15N3O. The number of aromatic nitrogens is 2. The molecule has 2 rings (SSSR count). The molecule has 0 atom stereocenters. The van der Waals surface area contributed by atoms with E-state index < -0.39 is 0 Å². The number of para-hydroxylation sites is 1. The van der Waals surface area contributed by atoms with Gasteiger partial charge in [0.05, 0.1) is 18.5 Å². The van der Waals surface area contributed by atoms with Crippen LogP contribution in [-0.4, -0.2) is 23.5 Å². The van der Waals surface area contributed by atoms with Crippen molar-refractivity contribution < 1.29 is 4.74 Å². The molecule has 0 saturated carbocycles. The molecule has 0 fully saturated rings. The van der Waals surface area contributed by atoms with Gasteiger partial charge >= 0.3 is 0 Å². The summed E-state index contributed by atoms with van der Waals surface area (Å²) in [6, 6.07) is 7.77. The maximum atomic E-state index is 5.26. The van der Waals surface area contributed by atoms with Crippen LogP contribution in [0.1, 0.15) is 17.0 Å². The Kier molecular flexibility index (Phi) is 3.23. The van der Waals surface area contributed by atoms with Crippen LogP contribution in [0.4, 0.5) is 5.69 Å². The van der Waals surface area contributed by atoms with Gasteiger partial charge in [-0.3, -0.25) is 10.1 Å². The Morgan fingerprint density at radius 1 is 1.29 bits per heavy atom. The monoisotopic (exact) mass is 229 g/mol. The fourth-order valence-corrected chi connectivity index (χ4v) is 1.64. The van der Waals surface area contributed by atoms with E-state index in [1.165, 1.54) is 0 Å². The quantitative estimate of drug-likeness (QED) is 0.823. The summed E-state index contributed by atoms with van der Waals surface area (Å²) in [6.45, 7) is 3.88. The summed E-state index contributed by atoms with van der Waals surface area (Å²) < 4.78 is 5.26. The molecule has 4 nitrogen and oxygen atoms in total. The highest BCUT2D eigenvalue weighted by molar-refractivity contribution is 5.85. The van der Waals surface area contributed by atoms with Crippen molar-refractivity contribution in [2.75, 3.05) is 7.11 Å². The van der Waals surface area contributed by atoms with Crippen molar-refractivity contribution in [2.24, 2.45) is 4.99 Å². The fraction of sp³-hybridized carbons (Fsp3) is 0.231. The van der Waals surface area contributed by atoms with Gasteiger partial charge in [-0.05, 0) is 26.0 Å². The van der Waals surface area contributed by atoms with Gasteiger partial charge in [-0.25, -0.2) is 0 Å². The second-order valence-corrected chi connectivity index (χ2v) is 3.78. The normalized spacial score (nSPS) is 11.0. The van der Waals surface area contributed by atoms with Crippen LogP contribution >= 0.6 is 0 Å². The molecule has 0 aliphatic heterocycles. The van der Waals surface area contributed by atoms with Crippen LogP contribution in [0.5, 0.6) is 5.75 Å². The van der Waals surface area contributed by atoms with Crippen molar-refractivity contribution in [3.63, 3.8) is 0 Å². The van der Waals surface area contributed by atoms with E-state index in [4.69, 9.17) is 4.74 Å². The number of nitrogens with zero attached hydrogens (tertiary/aromatic N) is 2. The van der Waals surface area contributed by atoms with E-state index in [0.717, 1.165) is 28.4 Å². The lowest BCUT2D eigenvalue weighted by Gasteiger charge is -2.02. The molecule has 88 valence electrons. The Morgan fingerprint density at radius 2 is 2.06 bits per heavy atom. The van der Waals surface area contributed by atoms with Gasteiger partial charge in [0.15, 0.2) is 0 Å². The lowest BCUT2D eigenvalue weighted by Crippen LogP contribution is -1.89. The molecule has 0 amide bonds. The van der Waals surface area contributed by atoms with Crippen LogP contribution in [-0.2, 0) is 0 Å². The second-order valence-electron chi connectivity index (χ2n) is 3.78. The van der Waals surface area contributed by atoms with E-state index in [1.54, 1.807) is 13.3 Å². The number of hydrogen-bond acceptors (Lipinski definition) is 3. The fourth-order valence-electron chi connectivity index (χ4n) is 1.64. The topological polar surface area (TPSA) is 50.3 Å². The van der Waals surface area contributed by atoms with Crippen LogP contribution in [0.15, 0.2) is 29.3 Å². The molecule has 1 N–H and O–H groups in total. The highest BCUT2D eigenvalue weighted by Gasteiger charge is 2.04. The number of rotatable bonds is 3. The summed E-state index contributed by atoms with van der Waals surface area (Å²) >= 11 is 0. The second kappa shape index (κ2) is 4.82. The number of methoxy groups -OCH3 is 1. The Bertz CT molecular complexity index is 524. The van der Waals surface area contributed by atoms with Crippen molar-refractivity contribution in [2.45, 2.75) is 13.8 Å². The number of aliphatic imine (C=N–C) groups is 1. The summed E-state index contributed by atoms with van der Waals surface area (Å²) in [5.41, 5.74) is 3.70. The first kappa shape index (κ1) is 11.4. The van der Waals surface area contributed by atoms with Gasteiger partial charge in [0.1, 0.15) is 11.4 Å². The van der Waals surface area contributed by atoms with E-state index in [-0.39, 0.29) is 0 Å². The first-order valence-corrected chi connectivity index (χ1v) is 5.41. The highest BCUT2D eigenvalue weighted by Crippen LogP contribution is 2.21. The molecule has 0 aliphatic carbocycles. The number of aryl methyl sites for hydroxylation is 2. The van der Waals surface area contributed by atoms with Gasteiger partial charge in [0, 0.05) is 11.8 Å². The third-order valence-corrected chi connectivity index (χ3v) is 2.56. The minimum atomic E-state index is 0.815. The molecule has 4 heteroatoms. The maximum absolute atomic E-state index is 5.26. The predicted molar refractivity (Wildman–Crippen MR) is 68.3 cm³/mol. The molecular weight excluding hydrogens is 214 g/mol. The number of benzene rings is 1. The van der Waals surface area contributed by atoms with Crippen molar-refractivity contribution in [1.82, 2.24) is 10.2 Å². The van der Waals surface area contributed by atoms with Crippen molar-refractivity contribution >= 4 is 11.9 Å². The molecule has 1 heterocycles. The first-order valence-electron chi connectivity index (χ1n) is 5.41. The van der Waals surface area contributed by atoms with Crippen molar-refractivity contribution in [3.8, 4) is 5.75 Å². The Hall–Kier alpha value is -2.10. The van der Waals surface area contributed by atoms with Crippen LogP contribution in [0.25, 0.3) is 0 Å². The van der Waals surface area contributed by atoms with Crippen molar-refractivity contribution in [1.29, 1.82) is 0 Å². The molecule has 0 radical (unpaired) electrons. The van der Waals surface area contributed by atoms with E-state index in [0.29, 0.717) is 0 Å². The zero-order valence-corrected chi connectivity index (χ0v) is 10.2. The molecule has 0 bridgehead atoms. The number of nitrogens with one attached hydrogen (secondary N) is 1. The van der Waals surface area contributed by atoms with Gasteiger partial charge in [0.25, 0.3) is 0 Å². The third kappa shape index (κ3) is 2.36. The minimum absolute atomic E-state index is 0.815. The van der Waals surface area contributed by atoms with Crippen molar-refractivity contribution in [3.05, 3.63) is 41.2 Å². The van der Waals surface area contributed by atoms with Gasteiger partial charge in [0.2, 0.25) is 0 Å². The van der Waals surface area contributed by atoms with E-state index in [1.807, 2.05) is 38.1 Å². The van der Waals surface area contributed by atoms with Gasteiger partial charge in [-0.2, -0.15) is 5.10 Å². The molecule has 0 spiro atoms. The summed E-state index contributed by atoms with van der Waals surface area (Å²) in [4.78, 5) is 4.45. The Morgan fingerprint density at radius 3 is 2.71 bits per heavy atom. The highest BCUT2D eigenvalue weighted by atomic mass is 16.5. The lowest BCUT2D eigenvalue weighted by molar-refractivity contribution is 0.414. The Balaban J connectivity index is 2.32. The van der Waals surface area contributed by atoms with E-state index >= 15 is 0 Å². The minimum Gasteiger partial charge on any atom is -0.496 e. The predicted octanol–water partition coefficient (Wildman–Crippen LogP) is 2.79. The molecule has 0 aliphatic rings. The van der Waals surface area contributed by atoms with Gasteiger partial charge < -0.3 is 4.74 Å². The zero-order chi connectivity index (χ0) is 12.3. The lowest BCUT2D eigenvalue weighted by atomic mass is 10.2. The zero-order valence-electron chi connectivity index (χ0n) is 10.2. The summed E-state index contributed by atoms with van der Waals surface area (Å²) in [7, 11) is 1.65. The largest absolute Gasteiger partial charge is 0.496 e. The van der Waals surface area contributed by atoms with E-state index in [9.17, 15) is 0 Å². The SMILES string of the molecule is COc1ccccc1C=Nc1c(C)n[nH]c1C. The van der Waals surface area contributed by atoms with Crippen LogP contribution in [0.3, 0.4) is 0 Å². The number of ether oxygens (including phenoxy) is 1. The average Bonchev–Trinajstić information content (AvgIpc) is 2.67. The molecule has 1 aromatic carbocycles. The van der Waals surface area contributed by atoms with Crippen LogP contribution in [0.2, 0.25) is 0 Å². The van der Waals surface area contributed by atoms with E-state index in [2.05, 4.69) is 15.2 Å². The summed E-state index contributed by atoms with van der Waals surface area (Å²) in [5.74, 6) is 0.815. The van der Waals surface area contributed by atoms with Crippen LogP contribution in [0, 0.1) is 13.8 Å². The molecule has 2 aromatic rings. The molecule has 0 saturated heterocycles. The first-order chi connectivity index (χ1) is 8.22. The third-order valence-electron chi connectivity index (χ3n) is 2.56. The smallest absolute Gasteiger partial charge is 0.127 e. The standard InChI is InChI=1S/C13H15N3O/c1-9-13(10(2)16-15-9)14-8-11-6-4-5-7-12(11)17-3/h4-8H,1-3H3,(H,15,16). The number of H-pyrrole nitrogens is 1. The van der Waals surface area contributed by atoms with Crippen LogP contribution < -0.4 is 4.74 Å². The summed E-state index contributed by atoms with van der Waals surface area (Å²) in [5, 5.41) is 7.01. The molecule has 0 unspecified atom stereocenters. The maximum Gasteiger partial charge on any atom is 0.127 e. The average molecular weight is 229 g/mol. The number of aromatic amines is 1. The van der Waals surface area contributed by atoms with Gasteiger partial charge in [-0.15, -0.1) is 0 Å². The molecule has 17 heavy (non-hydrogen) atoms. The van der Waals surface area contributed by atoms with Gasteiger partial charge in [-0.1, -0.05) is 12.1 Å². The summed E-state index contributed by atoms with van der Waals surface area (Å²) in [6.07, 6.45) is 1.80.